The van der Waals surface area contributed by atoms with E-state index in [0.29, 0.717) is 30.0 Å². The predicted octanol–water partition coefficient (Wildman–Crippen LogP) is 0.400. The number of H-pyrrole nitrogens is 2. The van der Waals surface area contributed by atoms with Gasteiger partial charge in [0.25, 0.3) is 5.56 Å². The molecule has 0 aliphatic heterocycles. The molecular weight excluding hydrogens is 248 g/mol. The van der Waals surface area contributed by atoms with Crippen LogP contribution in [0.4, 0.5) is 0 Å². The number of hydrogen-bond donors (Lipinski definition) is 2. The van der Waals surface area contributed by atoms with Crippen LogP contribution in [0.2, 0.25) is 0 Å². The van der Waals surface area contributed by atoms with Gasteiger partial charge >= 0.3 is 5.69 Å². The predicted molar refractivity (Wildman–Crippen MR) is 71.4 cm³/mol. The highest BCUT2D eigenvalue weighted by molar-refractivity contribution is 5.69. The van der Waals surface area contributed by atoms with Crippen LogP contribution in [0.25, 0.3) is 11.2 Å². The molecule has 0 radical (unpaired) electrons. The van der Waals surface area contributed by atoms with Crippen molar-refractivity contribution in [3.63, 3.8) is 0 Å². The summed E-state index contributed by atoms with van der Waals surface area (Å²) in [6.45, 7) is 4.27. The minimum atomic E-state index is -0.428. The molecule has 7 nitrogen and oxygen atoms in total. The number of aromatic nitrogens is 4. The quantitative estimate of drug-likeness (QED) is 0.819. The number of hydrogen-bond acceptors (Lipinski definition) is 4. The van der Waals surface area contributed by atoms with Crippen LogP contribution in [0, 0.1) is 0 Å². The number of nitrogens with one attached hydrogen (secondary N) is 2. The molecular formula is C12H18N4O3. The first kappa shape index (κ1) is 13.5. The average molecular weight is 266 g/mol. The molecule has 0 saturated carbocycles. The minimum Gasteiger partial charge on any atom is -0.382 e. The summed E-state index contributed by atoms with van der Waals surface area (Å²) in [5, 5.41) is 0. The Hall–Kier alpha value is -1.89. The van der Waals surface area contributed by atoms with E-state index in [4.69, 9.17) is 4.74 Å². The van der Waals surface area contributed by atoms with Crippen LogP contribution in [-0.2, 0) is 17.7 Å². The van der Waals surface area contributed by atoms with Crippen LogP contribution >= 0.6 is 0 Å². The second-order valence-electron chi connectivity index (χ2n) is 4.47. The van der Waals surface area contributed by atoms with E-state index < -0.39 is 11.2 Å². The Morgan fingerprint density at radius 2 is 2.11 bits per heavy atom. The van der Waals surface area contributed by atoms with Crippen molar-refractivity contribution in [2.45, 2.75) is 39.3 Å². The van der Waals surface area contributed by atoms with Gasteiger partial charge in [0.1, 0.15) is 11.3 Å². The average Bonchev–Trinajstić information content (AvgIpc) is 2.80. The summed E-state index contributed by atoms with van der Waals surface area (Å²) in [6.07, 6.45) is 1.59. The van der Waals surface area contributed by atoms with Crippen LogP contribution in [0.1, 0.15) is 26.1 Å². The molecule has 2 aromatic heterocycles. The fraction of sp³-hybridized carbons (Fsp3) is 0.583. The second-order valence-corrected chi connectivity index (χ2v) is 4.47. The van der Waals surface area contributed by atoms with Crippen molar-refractivity contribution < 1.29 is 4.74 Å². The molecule has 0 bridgehead atoms. The van der Waals surface area contributed by atoms with Crippen LogP contribution in [-0.4, -0.2) is 32.7 Å². The maximum absolute atomic E-state index is 11.7. The van der Waals surface area contributed by atoms with E-state index in [2.05, 4.69) is 15.0 Å². The van der Waals surface area contributed by atoms with Gasteiger partial charge in [0.2, 0.25) is 0 Å². The van der Waals surface area contributed by atoms with Gasteiger partial charge < -0.3 is 9.72 Å². The number of nitrogens with zero attached hydrogens (tertiary/aromatic N) is 2. The number of ether oxygens (including phenoxy) is 1. The summed E-state index contributed by atoms with van der Waals surface area (Å²) >= 11 is 0. The van der Waals surface area contributed by atoms with Crippen LogP contribution in [0.3, 0.4) is 0 Å². The zero-order valence-electron chi connectivity index (χ0n) is 11.3. The van der Waals surface area contributed by atoms with Crippen molar-refractivity contribution in [1.29, 1.82) is 0 Å². The van der Waals surface area contributed by atoms with Crippen molar-refractivity contribution in [3.8, 4) is 0 Å². The fourth-order valence-electron chi connectivity index (χ4n) is 1.96. The molecule has 0 aliphatic rings. The number of imidazole rings is 1. The third kappa shape index (κ3) is 2.60. The van der Waals surface area contributed by atoms with E-state index in [1.807, 2.05) is 13.8 Å². The lowest BCUT2D eigenvalue weighted by Gasteiger charge is -2.06. The maximum Gasteiger partial charge on any atom is 0.330 e. The summed E-state index contributed by atoms with van der Waals surface area (Å²) in [7, 11) is 1.66. The molecule has 0 aromatic carbocycles. The summed E-state index contributed by atoms with van der Waals surface area (Å²) in [6, 6.07) is 0. The van der Waals surface area contributed by atoms with Crippen LogP contribution in [0.5, 0.6) is 0 Å². The Morgan fingerprint density at radius 3 is 2.74 bits per heavy atom. The van der Waals surface area contributed by atoms with E-state index in [1.54, 1.807) is 7.11 Å². The molecule has 0 amide bonds. The van der Waals surface area contributed by atoms with Gasteiger partial charge in [-0.25, -0.2) is 9.78 Å². The standard InChI is InChI=1S/C12H18N4O3/c1-4-16-10-9(11(17)15-12(16)18)13-8(14-10)6-5-7(2)19-3/h7H,4-6H2,1-3H3,(H,13,14)(H,15,17,18). The van der Waals surface area contributed by atoms with Crippen molar-refractivity contribution >= 4 is 11.2 Å². The smallest absolute Gasteiger partial charge is 0.330 e. The molecule has 2 aromatic rings. The normalized spacial score (nSPS) is 13.0. The lowest BCUT2D eigenvalue weighted by atomic mass is 10.2. The second kappa shape index (κ2) is 5.40. The van der Waals surface area contributed by atoms with E-state index in [9.17, 15) is 9.59 Å². The Labute approximate surface area is 109 Å². The molecule has 2 N–H and O–H groups in total. The molecule has 0 aliphatic carbocycles. The lowest BCUT2D eigenvalue weighted by molar-refractivity contribution is 0.111. The van der Waals surface area contributed by atoms with E-state index in [1.165, 1.54) is 4.57 Å². The number of fused-ring (bicyclic) bond motifs is 1. The van der Waals surface area contributed by atoms with Gasteiger partial charge in [-0.05, 0) is 20.3 Å². The Morgan fingerprint density at radius 1 is 1.37 bits per heavy atom. The largest absolute Gasteiger partial charge is 0.382 e. The molecule has 0 fully saturated rings. The first-order chi connectivity index (χ1) is 9.06. The van der Waals surface area contributed by atoms with Crippen LogP contribution < -0.4 is 11.2 Å². The monoisotopic (exact) mass is 266 g/mol. The topological polar surface area (TPSA) is 92.8 Å². The van der Waals surface area contributed by atoms with Gasteiger partial charge in [0.15, 0.2) is 5.65 Å². The molecule has 2 heterocycles. The van der Waals surface area contributed by atoms with Crippen molar-refractivity contribution in [2.24, 2.45) is 0 Å². The Bertz CT molecular complexity index is 682. The van der Waals surface area contributed by atoms with Crippen molar-refractivity contribution in [3.05, 3.63) is 26.7 Å². The van der Waals surface area contributed by atoms with Gasteiger partial charge in [-0.3, -0.25) is 14.3 Å². The van der Waals surface area contributed by atoms with Crippen molar-refractivity contribution in [2.75, 3.05) is 7.11 Å². The molecule has 0 spiro atoms. The molecule has 7 heteroatoms. The zero-order chi connectivity index (χ0) is 14.0. The molecule has 104 valence electrons. The molecule has 0 saturated heterocycles. The summed E-state index contributed by atoms with van der Waals surface area (Å²) in [5.74, 6) is 0.692. The first-order valence-electron chi connectivity index (χ1n) is 6.31. The third-order valence-corrected chi connectivity index (χ3v) is 3.19. The number of methoxy groups -OCH3 is 1. The molecule has 2 rings (SSSR count). The van der Waals surface area contributed by atoms with Gasteiger partial charge in [0.05, 0.1) is 6.10 Å². The zero-order valence-corrected chi connectivity index (χ0v) is 11.3. The number of aromatic amines is 2. The van der Waals surface area contributed by atoms with Gasteiger partial charge in [-0.2, -0.15) is 0 Å². The SMILES string of the molecule is CCn1c(=O)[nH]c(=O)c2[nH]c(CCC(C)OC)nc21. The Balaban J connectivity index is 2.42. The fourth-order valence-corrected chi connectivity index (χ4v) is 1.96. The van der Waals surface area contributed by atoms with Crippen molar-refractivity contribution in [1.82, 2.24) is 19.5 Å². The van der Waals surface area contributed by atoms with Gasteiger partial charge in [0, 0.05) is 20.1 Å². The third-order valence-electron chi connectivity index (χ3n) is 3.19. The highest BCUT2D eigenvalue weighted by Crippen LogP contribution is 2.08. The molecule has 19 heavy (non-hydrogen) atoms. The number of rotatable bonds is 5. The summed E-state index contributed by atoms with van der Waals surface area (Å²) < 4.78 is 6.61. The Kier molecular flexibility index (Phi) is 3.84. The first-order valence-corrected chi connectivity index (χ1v) is 6.31. The van der Waals surface area contributed by atoms with E-state index in [0.717, 1.165) is 6.42 Å². The van der Waals surface area contributed by atoms with E-state index in [-0.39, 0.29) is 6.10 Å². The highest BCUT2D eigenvalue weighted by Gasteiger charge is 2.12. The van der Waals surface area contributed by atoms with Gasteiger partial charge in [-0.1, -0.05) is 0 Å². The molecule has 1 atom stereocenters. The summed E-state index contributed by atoms with van der Waals surface area (Å²) in [5.41, 5.74) is -0.0932. The minimum absolute atomic E-state index is 0.125. The van der Waals surface area contributed by atoms with Gasteiger partial charge in [-0.15, -0.1) is 0 Å². The van der Waals surface area contributed by atoms with Crippen LogP contribution in [0.15, 0.2) is 9.59 Å². The molecule has 1 unspecified atom stereocenters. The maximum atomic E-state index is 11.7. The highest BCUT2D eigenvalue weighted by atomic mass is 16.5. The van der Waals surface area contributed by atoms with E-state index >= 15 is 0 Å². The number of aryl methyl sites for hydroxylation is 2. The lowest BCUT2D eigenvalue weighted by Crippen LogP contribution is -2.29. The summed E-state index contributed by atoms with van der Waals surface area (Å²) in [4.78, 5) is 32.9.